The molecule has 10 nitrogen and oxygen atoms in total. The summed E-state index contributed by atoms with van der Waals surface area (Å²) in [6.07, 6.45) is 5.50. The number of hydrogen-bond acceptors (Lipinski definition) is 7. The minimum absolute atomic E-state index is 0.0356. The first-order valence-corrected chi connectivity index (χ1v) is 10.1. The van der Waals surface area contributed by atoms with Gasteiger partial charge in [-0.1, -0.05) is 11.6 Å². The van der Waals surface area contributed by atoms with Crippen molar-refractivity contribution in [2.75, 3.05) is 6.61 Å². The normalized spacial score (nSPS) is 11.2. The molecule has 0 aliphatic rings. The number of fused-ring (bicyclic) bond motifs is 1. The molecule has 0 unspecified atom stereocenters. The van der Waals surface area contributed by atoms with Crippen LogP contribution in [-0.4, -0.2) is 40.8 Å². The van der Waals surface area contributed by atoms with Crippen LogP contribution in [0.2, 0.25) is 10.3 Å². The zero-order chi connectivity index (χ0) is 22.1. The van der Waals surface area contributed by atoms with Gasteiger partial charge in [-0.15, -0.1) is 5.10 Å². The van der Waals surface area contributed by atoms with Crippen molar-refractivity contribution in [3.63, 3.8) is 0 Å². The van der Waals surface area contributed by atoms with Crippen LogP contribution in [0.25, 0.3) is 16.7 Å². The summed E-state index contributed by atoms with van der Waals surface area (Å²) in [5.74, 6) is -0.0356. The molecule has 4 heterocycles. The smallest absolute Gasteiger partial charge is 0.353 e. The fraction of sp³-hybridized carbons (Fsp3) is 0.263. The molecule has 4 aromatic heterocycles. The Labute approximate surface area is 186 Å². The summed E-state index contributed by atoms with van der Waals surface area (Å²) in [5, 5.41) is 17.3. The zero-order valence-corrected chi connectivity index (χ0v) is 18.1. The molecule has 0 aromatic carbocycles. The van der Waals surface area contributed by atoms with E-state index in [1.807, 2.05) is 11.5 Å². The predicted octanol–water partition coefficient (Wildman–Crippen LogP) is 4.31. The van der Waals surface area contributed by atoms with Crippen molar-refractivity contribution in [1.82, 2.24) is 29.3 Å². The molecular weight excluding hydrogens is 445 g/mol. The average molecular weight is 462 g/mol. The van der Waals surface area contributed by atoms with Gasteiger partial charge in [0.05, 0.1) is 33.3 Å². The van der Waals surface area contributed by atoms with Gasteiger partial charge in [-0.3, -0.25) is 15.1 Å². The Morgan fingerprint density at radius 3 is 2.81 bits per heavy atom. The Balaban J connectivity index is 1.52. The van der Waals surface area contributed by atoms with E-state index in [-0.39, 0.29) is 23.5 Å². The van der Waals surface area contributed by atoms with Crippen molar-refractivity contribution in [3.05, 3.63) is 62.5 Å². The Bertz CT molecular complexity index is 1290. The minimum Gasteiger partial charge on any atom is -0.472 e. The lowest BCUT2D eigenvalue weighted by Crippen LogP contribution is -2.06. The average Bonchev–Trinajstić information content (AvgIpc) is 3.22. The van der Waals surface area contributed by atoms with Crippen LogP contribution in [0.3, 0.4) is 0 Å². The lowest BCUT2D eigenvalue weighted by Gasteiger charge is -2.06. The molecule has 0 bridgehead atoms. The molecule has 0 aliphatic heterocycles. The first kappa shape index (κ1) is 21.0. The van der Waals surface area contributed by atoms with Crippen LogP contribution in [-0.2, 0) is 6.54 Å². The fourth-order valence-corrected chi connectivity index (χ4v) is 3.67. The lowest BCUT2D eigenvalue weighted by molar-refractivity contribution is -0.386. The first-order valence-electron chi connectivity index (χ1n) is 9.32. The second-order valence-electron chi connectivity index (χ2n) is 6.76. The maximum absolute atomic E-state index is 11.6. The quantitative estimate of drug-likeness (QED) is 0.174. The second kappa shape index (κ2) is 8.48. The predicted molar refractivity (Wildman–Crippen MR) is 115 cm³/mol. The molecule has 0 spiro atoms. The summed E-state index contributed by atoms with van der Waals surface area (Å²) >= 11 is 12.1. The minimum atomic E-state index is -0.488. The van der Waals surface area contributed by atoms with Crippen LogP contribution in [0, 0.1) is 24.0 Å². The molecule has 12 heteroatoms. The molecule has 4 aromatic rings. The summed E-state index contributed by atoms with van der Waals surface area (Å²) in [7, 11) is 0. The van der Waals surface area contributed by atoms with Crippen LogP contribution < -0.4 is 4.74 Å². The summed E-state index contributed by atoms with van der Waals surface area (Å²) < 4.78 is 9.01. The zero-order valence-electron chi connectivity index (χ0n) is 16.6. The Morgan fingerprint density at radius 2 is 2.06 bits per heavy atom. The van der Waals surface area contributed by atoms with E-state index >= 15 is 0 Å². The number of hydrogen-bond donors (Lipinski definition) is 0. The number of rotatable bonds is 7. The molecule has 0 aliphatic carbocycles. The van der Waals surface area contributed by atoms with E-state index in [9.17, 15) is 10.1 Å². The highest BCUT2D eigenvalue weighted by Crippen LogP contribution is 2.32. The van der Waals surface area contributed by atoms with E-state index in [0.29, 0.717) is 46.1 Å². The Kier molecular flexibility index (Phi) is 5.75. The van der Waals surface area contributed by atoms with E-state index in [1.54, 1.807) is 37.6 Å². The van der Waals surface area contributed by atoms with Crippen LogP contribution in [0.5, 0.6) is 5.88 Å². The lowest BCUT2D eigenvalue weighted by atomic mass is 10.3. The number of pyridine rings is 1. The van der Waals surface area contributed by atoms with E-state index in [0.717, 1.165) is 0 Å². The van der Waals surface area contributed by atoms with Gasteiger partial charge in [0.1, 0.15) is 11.3 Å². The van der Waals surface area contributed by atoms with Crippen molar-refractivity contribution in [2.45, 2.75) is 26.8 Å². The molecule has 0 atom stereocenters. The number of aromatic nitrogens is 6. The molecule has 0 fully saturated rings. The molecule has 0 amide bonds. The van der Waals surface area contributed by atoms with Gasteiger partial charge in [0.15, 0.2) is 0 Å². The second-order valence-corrected chi connectivity index (χ2v) is 7.51. The van der Waals surface area contributed by atoms with Gasteiger partial charge in [-0.2, -0.15) is 4.98 Å². The highest BCUT2D eigenvalue weighted by molar-refractivity contribution is 6.35. The van der Waals surface area contributed by atoms with E-state index in [4.69, 9.17) is 27.9 Å². The van der Waals surface area contributed by atoms with Crippen molar-refractivity contribution < 1.29 is 9.66 Å². The SMILES string of the molecule is Cc1ncccc1-n1nc(OCCCn2cc(Cl)c3cnc(Cl)nc32)c([N+](=O)[O-])c1C. The maximum atomic E-state index is 11.6. The third kappa shape index (κ3) is 4.04. The maximum Gasteiger partial charge on any atom is 0.353 e. The standard InChI is InChI=1S/C19H17Cl2N7O3/c1-11-15(5-3-6-22-11)27-12(2)16(28(29)30)18(25-27)31-8-4-7-26-10-14(20)13-9-23-19(21)24-17(13)26/h3,5-6,9-10H,4,7-8H2,1-2H3. The van der Waals surface area contributed by atoms with Crippen molar-refractivity contribution in [1.29, 1.82) is 0 Å². The van der Waals surface area contributed by atoms with Crippen LogP contribution >= 0.6 is 23.2 Å². The Morgan fingerprint density at radius 1 is 1.26 bits per heavy atom. The number of ether oxygens (including phenoxy) is 1. The van der Waals surface area contributed by atoms with Crippen molar-refractivity contribution in [2.24, 2.45) is 0 Å². The molecule has 31 heavy (non-hydrogen) atoms. The van der Waals surface area contributed by atoms with Gasteiger partial charge in [-0.05, 0) is 44.0 Å². The van der Waals surface area contributed by atoms with E-state index in [2.05, 4.69) is 20.1 Å². The summed E-state index contributed by atoms with van der Waals surface area (Å²) in [5.41, 5.74) is 2.17. The first-order chi connectivity index (χ1) is 14.9. The van der Waals surface area contributed by atoms with E-state index < -0.39 is 4.92 Å². The third-order valence-electron chi connectivity index (χ3n) is 4.76. The monoisotopic (exact) mass is 461 g/mol. The Hall–Kier alpha value is -3.24. The van der Waals surface area contributed by atoms with Gasteiger partial charge < -0.3 is 9.30 Å². The topological polar surface area (TPSA) is 114 Å². The van der Waals surface area contributed by atoms with Crippen molar-refractivity contribution in [3.8, 4) is 11.6 Å². The van der Waals surface area contributed by atoms with E-state index in [1.165, 1.54) is 4.68 Å². The molecular formula is C19H17Cl2N7O3. The van der Waals surface area contributed by atoms with Gasteiger partial charge in [-0.25, -0.2) is 9.67 Å². The van der Waals surface area contributed by atoms with Gasteiger partial charge in [0.2, 0.25) is 5.28 Å². The van der Waals surface area contributed by atoms with Gasteiger partial charge in [0, 0.05) is 25.1 Å². The summed E-state index contributed by atoms with van der Waals surface area (Å²) in [6.45, 7) is 4.16. The molecule has 4 rings (SSSR count). The summed E-state index contributed by atoms with van der Waals surface area (Å²) in [4.78, 5) is 23.5. The third-order valence-corrected chi connectivity index (χ3v) is 5.25. The molecule has 160 valence electrons. The van der Waals surface area contributed by atoms with Crippen LogP contribution in [0.4, 0.5) is 5.69 Å². The van der Waals surface area contributed by atoms with Crippen LogP contribution in [0.1, 0.15) is 17.8 Å². The molecule has 0 saturated heterocycles. The highest BCUT2D eigenvalue weighted by Gasteiger charge is 2.27. The fourth-order valence-electron chi connectivity index (χ4n) is 3.29. The number of nitro groups is 1. The molecule has 0 radical (unpaired) electrons. The number of aryl methyl sites for hydroxylation is 2. The van der Waals surface area contributed by atoms with Gasteiger partial charge in [0.25, 0.3) is 0 Å². The number of nitrogens with zero attached hydrogens (tertiary/aromatic N) is 7. The van der Waals surface area contributed by atoms with Gasteiger partial charge >= 0.3 is 11.6 Å². The van der Waals surface area contributed by atoms with Crippen molar-refractivity contribution >= 4 is 39.9 Å². The highest BCUT2D eigenvalue weighted by atomic mass is 35.5. The molecule has 0 N–H and O–H groups in total. The largest absolute Gasteiger partial charge is 0.472 e. The number of halogens is 2. The molecule has 0 saturated carbocycles. The summed E-state index contributed by atoms with van der Waals surface area (Å²) in [6, 6.07) is 3.54. The van der Waals surface area contributed by atoms with Crippen LogP contribution in [0.15, 0.2) is 30.7 Å².